The molecule has 1 fully saturated rings. The second kappa shape index (κ2) is 2.42. The highest BCUT2D eigenvalue weighted by molar-refractivity contribution is 7.17. The molecular weight excluding hydrogens is 184 g/mol. The van der Waals surface area contributed by atoms with Crippen LogP contribution in [-0.2, 0) is 0 Å². The quantitative estimate of drug-likeness (QED) is 0.683. The van der Waals surface area contributed by atoms with Gasteiger partial charge < -0.3 is 0 Å². The zero-order valence-electron chi connectivity index (χ0n) is 6.93. The van der Waals surface area contributed by atoms with E-state index in [4.69, 9.17) is 0 Å². The van der Waals surface area contributed by atoms with Crippen LogP contribution in [0.2, 0.25) is 0 Å². The highest BCUT2D eigenvalue weighted by Crippen LogP contribution is 2.44. The molecule has 0 aromatic carbocycles. The van der Waals surface area contributed by atoms with Crippen LogP contribution in [0.4, 0.5) is 0 Å². The van der Waals surface area contributed by atoms with Crippen molar-refractivity contribution in [2.24, 2.45) is 0 Å². The van der Waals surface area contributed by atoms with Gasteiger partial charge >= 0.3 is 0 Å². The van der Waals surface area contributed by atoms with E-state index in [9.17, 15) is 4.79 Å². The van der Waals surface area contributed by atoms with Crippen LogP contribution in [-0.4, -0.2) is 15.7 Å². The van der Waals surface area contributed by atoms with Gasteiger partial charge in [-0.2, -0.15) is 0 Å². The highest BCUT2D eigenvalue weighted by Gasteiger charge is 2.29. The lowest BCUT2D eigenvalue weighted by Gasteiger charge is -1.91. The molecule has 1 aliphatic carbocycles. The molecule has 4 heteroatoms. The molecular formula is C9H8N2OS. The van der Waals surface area contributed by atoms with Gasteiger partial charge in [-0.1, -0.05) is 0 Å². The van der Waals surface area contributed by atoms with Crippen LogP contribution in [0, 0.1) is 0 Å². The number of hydrogen-bond donors (Lipinski definition) is 0. The molecule has 0 bridgehead atoms. The van der Waals surface area contributed by atoms with Crippen LogP contribution in [0.5, 0.6) is 0 Å². The first-order valence-corrected chi connectivity index (χ1v) is 5.11. The Labute approximate surface area is 79.0 Å². The summed E-state index contributed by atoms with van der Waals surface area (Å²) in [5, 5.41) is 0. The molecule has 0 atom stereocenters. The van der Waals surface area contributed by atoms with Crippen LogP contribution in [0.25, 0.3) is 4.83 Å². The third-order valence-corrected chi connectivity index (χ3v) is 3.66. The first-order valence-electron chi connectivity index (χ1n) is 4.30. The number of carbonyl (C=O) groups excluding carboxylic acids is 1. The minimum atomic E-state index is 0.644. The molecule has 3 nitrogen and oxygen atoms in total. The molecule has 66 valence electrons. The summed E-state index contributed by atoms with van der Waals surface area (Å²) >= 11 is 1.69. The minimum Gasteiger partial charge on any atom is -0.296 e. The fraction of sp³-hybridized carbons (Fsp3) is 0.333. The average Bonchev–Trinajstić information content (AvgIpc) is 2.76. The number of hydrogen-bond acceptors (Lipinski definition) is 3. The summed E-state index contributed by atoms with van der Waals surface area (Å²) in [7, 11) is 0. The van der Waals surface area contributed by atoms with Crippen LogP contribution in [0.15, 0.2) is 12.5 Å². The molecule has 2 heterocycles. The van der Waals surface area contributed by atoms with E-state index in [1.807, 2.05) is 10.6 Å². The number of aldehydes is 1. The molecule has 3 rings (SSSR count). The van der Waals surface area contributed by atoms with Gasteiger partial charge in [-0.3, -0.25) is 9.20 Å². The molecule has 0 aliphatic heterocycles. The Morgan fingerprint density at radius 2 is 2.46 bits per heavy atom. The normalized spacial score (nSPS) is 16.6. The lowest BCUT2D eigenvalue weighted by atomic mass is 10.3. The zero-order valence-corrected chi connectivity index (χ0v) is 7.75. The SMILES string of the molecule is O=Cc1c(C2CC2)sc2cncn12. The van der Waals surface area contributed by atoms with Crippen LogP contribution in [0.1, 0.15) is 34.1 Å². The summed E-state index contributed by atoms with van der Waals surface area (Å²) in [5.74, 6) is 0.644. The molecule has 0 amide bonds. The first-order chi connectivity index (χ1) is 6.40. The van der Waals surface area contributed by atoms with E-state index in [1.54, 1.807) is 17.7 Å². The van der Waals surface area contributed by atoms with Gasteiger partial charge in [0.15, 0.2) is 6.29 Å². The summed E-state index contributed by atoms with van der Waals surface area (Å²) in [6.45, 7) is 0. The van der Waals surface area contributed by atoms with Crippen molar-refractivity contribution < 1.29 is 4.79 Å². The van der Waals surface area contributed by atoms with Gasteiger partial charge in [0.2, 0.25) is 0 Å². The Kier molecular flexibility index (Phi) is 1.35. The third kappa shape index (κ3) is 0.951. The second-order valence-electron chi connectivity index (χ2n) is 3.35. The maximum atomic E-state index is 10.9. The Bertz CT molecular complexity index is 467. The number of rotatable bonds is 2. The van der Waals surface area contributed by atoms with Gasteiger partial charge in [0.05, 0.1) is 6.20 Å². The van der Waals surface area contributed by atoms with Gasteiger partial charge in [0.25, 0.3) is 0 Å². The topological polar surface area (TPSA) is 34.4 Å². The summed E-state index contributed by atoms with van der Waals surface area (Å²) in [5.41, 5.74) is 0.806. The standard InChI is InChI=1S/C9H8N2OS/c12-4-7-9(6-1-2-6)13-8-3-10-5-11(7)8/h3-6H,1-2H2. The van der Waals surface area contributed by atoms with Gasteiger partial charge in [0.1, 0.15) is 16.9 Å². The van der Waals surface area contributed by atoms with Crippen LogP contribution in [0.3, 0.4) is 0 Å². The fourth-order valence-corrected chi connectivity index (χ4v) is 2.81. The lowest BCUT2D eigenvalue weighted by Crippen LogP contribution is -1.90. The van der Waals surface area contributed by atoms with Crippen LogP contribution < -0.4 is 0 Å². The van der Waals surface area contributed by atoms with E-state index in [1.165, 1.54) is 17.7 Å². The lowest BCUT2D eigenvalue weighted by molar-refractivity contribution is 0.111. The predicted molar refractivity (Wildman–Crippen MR) is 50.4 cm³/mol. The molecule has 13 heavy (non-hydrogen) atoms. The number of carbonyl (C=O) groups is 1. The van der Waals surface area contributed by atoms with E-state index < -0.39 is 0 Å². The largest absolute Gasteiger partial charge is 0.296 e. The summed E-state index contributed by atoms with van der Waals surface area (Å²) < 4.78 is 1.88. The fourth-order valence-electron chi connectivity index (χ4n) is 1.58. The number of aromatic nitrogens is 2. The number of thiazole rings is 1. The van der Waals surface area contributed by atoms with E-state index in [2.05, 4.69) is 4.98 Å². The maximum Gasteiger partial charge on any atom is 0.168 e. The van der Waals surface area contributed by atoms with Crippen molar-refractivity contribution in [1.29, 1.82) is 0 Å². The minimum absolute atomic E-state index is 0.644. The van der Waals surface area contributed by atoms with Crippen molar-refractivity contribution >= 4 is 22.5 Å². The van der Waals surface area contributed by atoms with Crippen LogP contribution >= 0.6 is 11.3 Å². The first kappa shape index (κ1) is 7.26. The van der Waals surface area contributed by atoms with E-state index in [-0.39, 0.29) is 0 Å². The van der Waals surface area contributed by atoms with Gasteiger partial charge in [0, 0.05) is 4.88 Å². The molecule has 1 aliphatic rings. The van der Waals surface area contributed by atoms with E-state index in [0.717, 1.165) is 16.8 Å². The Morgan fingerprint density at radius 1 is 1.62 bits per heavy atom. The molecule has 0 N–H and O–H groups in total. The number of imidazole rings is 1. The zero-order chi connectivity index (χ0) is 8.84. The van der Waals surface area contributed by atoms with Crippen molar-refractivity contribution in [3.63, 3.8) is 0 Å². The average molecular weight is 192 g/mol. The monoisotopic (exact) mass is 192 g/mol. The highest BCUT2D eigenvalue weighted by atomic mass is 32.1. The van der Waals surface area contributed by atoms with E-state index >= 15 is 0 Å². The van der Waals surface area contributed by atoms with E-state index in [0.29, 0.717) is 5.92 Å². The molecule has 0 radical (unpaired) electrons. The molecule has 1 saturated carbocycles. The smallest absolute Gasteiger partial charge is 0.168 e. The van der Waals surface area contributed by atoms with Gasteiger partial charge in [-0.25, -0.2) is 4.98 Å². The summed E-state index contributed by atoms with van der Waals surface area (Å²) in [6, 6.07) is 0. The third-order valence-electron chi connectivity index (χ3n) is 2.39. The Hall–Kier alpha value is -1.16. The molecule has 0 spiro atoms. The van der Waals surface area contributed by atoms with Gasteiger partial charge in [-0.05, 0) is 18.8 Å². The predicted octanol–water partition coefficient (Wildman–Crippen LogP) is 2.09. The van der Waals surface area contributed by atoms with Crippen molar-refractivity contribution in [2.45, 2.75) is 18.8 Å². The van der Waals surface area contributed by atoms with Crippen molar-refractivity contribution in [2.75, 3.05) is 0 Å². The molecule has 0 unspecified atom stereocenters. The Morgan fingerprint density at radius 3 is 3.15 bits per heavy atom. The summed E-state index contributed by atoms with van der Waals surface area (Å²) in [4.78, 5) is 17.2. The maximum absolute atomic E-state index is 10.9. The second-order valence-corrected chi connectivity index (χ2v) is 4.41. The molecule has 2 aromatic heterocycles. The summed E-state index contributed by atoms with van der Waals surface area (Å²) in [6.07, 6.45) is 6.93. The van der Waals surface area contributed by atoms with Gasteiger partial charge in [-0.15, -0.1) is 11.3 Å². The number of fused-ring (bicyclic) bond motifs is 1. The van der Waals surface area contributed by atoms with Crippen molar-refractivity contribution in [3.05, 3.63) is 23.1 Å². The number of nitrogens with zero attached hydrogens (tertiary/aromatic N) is 2. The van der Waals surface area contributed by atoms with Crippen molar-refractivity contribution in [1.82, 2.24) is 9.38 Å². The Balaban J connectivity index is 2.31. The molecule has 2 aromatic rings. The van der Waals surface area contributed by atoms with Crippen molar-refractivity contribution in [3.8, 4) is 0 Å². The molecule has 0 saturated heterocycles.